The third-order valence-electron chi connectivity index (χ3n) is 5.29. The van der Waals surface area contributed by atoms with E-state index in [1.165, 1.54) is 10.4 Å². The molecule has 2 aromatic carbocycles. The topological polar surface area (TPSA) is 35.5 Å². The molecule has 0 aliphatic carbocycles. The van der Waals surface area contributed by atoms with Gasteiger partial charge in [0.05, 0.1) is 13.0 Å². The summed E-state index contributed by atoms with van der Waals surface area (Å²) in [4.78, 5) is 11.7. The van der Waals surface area contributed by atoms with E-state index in [1.54, 1.807) is 0 Å². The van der Waals surface area contributed by atoms with Gasteiger partial charge >= 0.3 is 5.97 Å². The van der Waals surface area contributed by atoms with Crippen molar-refractivity contribution in [3.05, 3.63) is 60.7 Å². The van der Waals surface area contributed by atoms with Crippen LogP contribution in [-0.2, 0) is 14.0 Å². The Morgan fingerprint density at radius 3 is 1.88 bits per heavy atom. The average molecular weight is 369 g/mol. The first-order chi connectivity index (χ1) is 12.3. The Hall–Kier alpha value is -1.91. The molecule has 2 aromatic rings. The van der Waals surface area contributed by atoms with E-state index in [0.717, 1.165) is 0 Å². The number of esters is 1. The number of cyclic esters (lactones) is 1. The van der Waals surface area contributed by atoms with Crippen LogP contribution in [-0.4, -0.2) is 27.0 Å². The molecule has 138 valence electrons. The van der Waals surface area contributed by atoms with E-state index in [2.05, 4.69) is 76.2 Å². The van der Waals surface area contributed by atoms with Crippen LogP contribution < -0.4 is 10.4 Å². The number of hydrogen-bond donors (Lipinski definition) is 0. The highest BCUT2D eigenvalue weighted by atomic mass is 28.4. The molecule has 0 bridgehead atoms. The lowest BCUT2D eigenvalue weighted by Crippen LogP contribution is -2.67. The Labute approximate surface area is 157 Å². The Morgan fingerprint density at radius 1 is 1.00 bits per heavy atom. The predicted octanol–water partition coefficient (Wildman–Crippen LogP) is 3.51. The first-order valence-electron chi connectivity index (χ1n) is 9.29. The quantitative estimate of drug-likeness (QED) is 0.598. The molecular formula is C22H28O3Si. The van der Waals surface area contributed by atoms with E-state index in [4.69, 9.17) is 9.16 Å². The third kappa shape index (κ3) is 3.48. The smallest absolute Gasteiger partial charge is 0.306 e. The highest BCUT2D eigenvalue weighted by Crippen LogP contribution is 2.37. The lowest BCUT2D eigenvalue weighted by molar-refractivity contribution is -0.142. The predicted molar refractivity (Wildman–Crippen MR) is 107 cm³/mol. The minimum absolute atomic E-state index is 0.0679. The monoisotopic (exact) mass is 368 g/mol. The fourth-order valence-corrected chi connectivity index (χ4v) is 8.46. The van der Waals surface area contributed by atoms with Crippen molar-refractivity contribution in [1.29, 1.82) is 0 Å². The molecule has 0 aromatic heterocycles. The van der Waals surface area contributed by atoms with Gasteiger partial charge in [0.25, 0.3) is 8.32 Å². The molecule has 1 aliphatic rings. The summed E-state index contributed by atoms with van der Waals surface area (Å²) in [6, 6.07) is 21.1. The van der Waals surface area contributed by atoms with E-state index >= 15 is 0 Å². The first-order valence-corrected chi connectivity index (χ1v) is 11.2. The molecule has 26 heavy (non-hydrogen) atoms. The maximum absolute atomic E-state index is 11.7. The summed E-state index contributed by atoms with van der Waals surface area (Å²) in [6.07, 6.45) is 0.318. The van der Waals surface area contributed by atoms with Gasteiger partial charge in [-0.15, -0.1) is 0 Å². The minimum Gasteiger partial charge on any atom is -0.460 e. The fraction of sp³-hybridized carbons (Fsp3) is 0.409. The summed E-state index contributed by atoms with van der Waals surface area (Å²) in [7, 11) is -2.56. The summed E-state index contributed by atoms with van der Waals surface area (Å²) in [5.74, 6) is 0.0780. The molecular weight excluding hydrogens is 340 g/mol. The SMILES string of the molecule is C[C@H]1CC(=O)O[C@@H]1CO[Si](c1ccccc1)(c1ccccc1)C(C)(C)C. The number of carbonyl (C=O) groups is 1. The molecule has 2 atom stereocenters. The zero-order valence-corrected chi connectivity index (χ0v) is 17.1. The summed E-state index contributed by atoms with van der Waals surface area (Å²) < 4.78 is 12.3. The number of rotatable bonds is 5. The summed E-state index contributed by atoms with van der Waals surface area (Å²) >= 11 is 0. The van der Waals surface area contributed by atoms with Gasteiger partial charge in [-0.3, -0.25) is 4.79 Å². The second-order valence-corrected chi connectivity index (χ2v) is 12.5. The Morgan fingerprint density at radius 2 is 1.50 bits per heavy atom. The van der Waals surface area contributed by atoms with Crippen LogP contribution in [0, 0.1) is 5.92 Å². The van der Waals surface area contributed by atoms with Crippen molar-refractivity contribution in [3.63, 3.8) is 0 Å². The molecule has 3 nitrogen and oxygen atoms in total. The van der Waals surface area contributed by atoms with Crippen LogP contribution in [0.25, 0.3) is 0 Å². The van der Waals surface area contributed by atoms with Crippen LogP contribution in [0.5, 0.6) is 0 Å². The first kappa shape index (κ1) is 18.9. The normalized spacial score (nSPS) is 20.8. The van der Waals surface area contributed by atoms with Gasteiger partial charge in [0.2, 0.25) is 0 Å². The average Bonchev–Trinajstić information content (AvgIpc) is 2.94. The van der Waals surface area contributed by atoms with E-state index < -0.39 is 8.32 Å². The maximum Gasteiger partial charge on any atom is 0.306 e. The Kier molecular flexibility index (Phi) is 5.35. The Balaban J connectivity index is 2.04. The van der Waals surface area contributed by atoms with Crippen LogP contribution in [0.2, 0.25) is 5.04 Å². The van der Waals surface area contributed by atoms with Gasteiger partial charge in [-0.25, -0.2) is 0 Å². The van der Waals surface area contributed by atoms with Gasteiger partial charge in [0, 0.05) is 5.92 Å². The number of hydrogen-bond acceptors (Lipinski definition) is 3. The summed E-state index contributed by atoms with van der Waals surface area (Å²) in [6.45, 7) is 9.26. The van der Waals surface area contributed by atoms with E-state index in [9.17, 15) is 4.79 Å². The molecule has 0 unspecified atom stereocenters. The molecule has 0 N–H and O–H groups in total. The van der Waals surface area contributed by atoms with Crippen molar-refractivity contribution in [3.8, 4) is 0 Å². The van der Waals surface area contributed by atoms with Crippen LogP contribution in [0.1, 0.15) is 34.1 Å². The highest BCUT2D eigenvalue weighted by Gasteiger charge is 2.51. The van der Waals surface area contributed by atoms with Crippen molar-refractivity contribution in [2.24, 2.45) is 5.92 Å². The minimum atomic E-state index is -2.56. The molecule has 0 amide bonds. The maximum atomic E-state index is 11.7. The lowest BCUT2D eigenvalue weighted by atomic mass is 10.1. The highest BCUT2D eigenvalue weighted by molar-refractivity contribution is 6.99. The van der Waals surface area contributed by atoms with Crippen LogP contribution in [0.3, 0.4) is 0 Å². The summed E-state index contributed by atoms with van der Waals surface area (Å²) in [5, 5.41) is 2.42. The second kappa shape index (κ2) is 7.37. The van der Waals surface area contributed by atoms with Gasteiger partial charge in [-0.1, -0.05) is 88.4 Å². The molecule has 4 heteroatoms. The molecule has 0 spiro atoms. The largest absolute Gasteiger partial charge is 0.460 e. The third-order valence-corrected chi connectivity index (χ3v) is 10.3. The van der Waals surface area contributed by atoms with Crippen molar-refractivity contribution in [2.75, 3.05) is 6.61 Å². The Bertz CT molecular complexity index is 697. The lowest BCUT2D eigenvalue weighted by Gasteiger charge is -2.43. The van der Waals surface area contributed by atoms with Crippen molar-refractivity contribution < 1.29 is 14.0 Å². The number of carbonyl (C=O) groups excluding carboxylic acids is 1. The van der Waals surface area contributed by atoms with Crippen LogP contribution in [0.15, 0.2) is 60.7 Å². The van der Waals surface area contributed by atoms with E-state index in [-0.39, 0.29) is 23.0 Å². The molecule has 1 aliphatic heterocycles. The molecule has 0 saturated carbocycles. The zero-order chi connectivity index (χ0) is 18.8. The van der Waals surface area contributed by atoms with Gasteiger partial charge < -0.3 is 9.16 Å². The number of benzene rings is 2. The van der Waals surface area contributed by atoms with Crippen molar-refractivity contribution >= 4 is 24.7 Å². The van der Waals surface area contributed by atoms with Gasteiger partial charge in [0.15, 0.2) is 0 Å². The molecule has 1 heterocycles. The van der Waals surface area contributed by atoms with Gasteiger partial charge in [0.1, 0.15) is 6.10 Å². The molecule has 3 rings (SSSR count). The zero-order valence-electron chi connectivity index (χ0n) is 16.1. The van der Waals surface area contributed by atoms with Crippen LogP contribution >= 0.6 is 0 Å². The second-order valence-electron chi connectivity index (χ2n) is 8.18. The summed E-state index contributed by atoms with van der Waals surface area (Å²) in [5.41, 5.74) is 0. The van der Waals surface area contributed by atoms with Gasteiger partial charge in [-0.05, 0) is 15.4 Å². The van der Waals surface area contributed by atoms with Gasteiger partial charge in [-0.2, -0.15) is 0 Å². The standard InChI is InChI=1S/C22H28O3Si/c1-17-15-21(23)25-20(17)16-24-26(22(2,3)4,18-11-7-5-8-12-18)19-13-9-6-10-14-19/h5-14,17,20H,15-16H2,1-4H3/t17-,20+/m0/s1. The fourth-order valence-electron chi connectivity index (χ4n) is 3.89. The van der Waals surface area contributed by atoms with E-state index in [0.29, 0.717) is 13.0 Å². The molecule has 1 saturated heterocycles. The van der Waals surface area contributed by atoms with Crippen molar-refractivity contribution in [2.45, 2.75) is 45.3 Å². The van der Waals surface area contributed by atoms with E-state index in [1.807, 2.05) is 12.1 Å². The van der Waals surface area contributed by atoms with Crippen LogP contribution in [0.4, 0.5) is 0 Å². The molecule has 1 fully saturated rings. The number of ether oxygens (including phenoxy) is 1. The molecule has 0 radical (unpaired) electrons. The van der Waals surface area contributed by atoms with Crippen molar-refractivity contribution in [1.82, 2.24) is 0 Å².